The molecule has 6 aromatic carbocycles. The van der Waals surface area contributed by atoms with Crippen molar-refractivity contribution in [1.82, 2.24) is 39.5 Å². The third-order valence-corrected chi connectivity index (χ3v) is 12.4. The first-order valence-corrected chi connectivity index (χ1v) is 29.6. The summed E-state index contributed by atoms with van der Waals surface area (Å²) in [6, 6.07) is 98.0. The number of aliphatic hydroxyl groups is 2. The number of para-hydroxylation sites is 1. The molecule has 0 bridgehead atoms. The molecule has 0 amide bonds. The molecule has 0 aliphatic carbocycles. The molecule has 0 fully saturated rings. The molecule has 7 aromatic heterocycles. The first kappa shape index (κ1) is 89.4. The molecule has 0 aliphatic heterocycles. The Labute approximate surface area is 655 Å². The fourth-order valence-corrected chi connectivity index (χ4v) is 8.35. The molecule has 97 heavy (non-hydrogen) atoms. The normalized spacial score (nSPS) is 9.53. The molecule has 13 rings (SSSR count). The number of hydrogen-bond acceptors (Lipinski definition) is 11. The van der Waals surface area contributed by atoms with Gasteiger partial charge in [0.05, 0.1) is 17.2 Å². The summed E-state index contributed by atoms with van der Waals surface area (Å²) in [5.74, 6) is -0.125. The summed E-state index contributed by atoms with van der Waals surface area (Å²) >= 11 is 1.63. The minimum atomic E-state index is -0.125. The van der Waals surface area contributed by atoms with E-state index in [-0.39, 0.29) is 144 Å². The Morgan fingerprint density at radius 1 is 0.402 bits per heavy atom. The third kappa shape index (κ3) is 38.2. The molecule has 0 aliphatic rings. The number of carbonyl (C=O) groups is 2. The molecule has 0 saturated carbocycles. The van der Waals surface area contributed by atoms with Crippen LogP contribution >= 0.6 is 11.3 Å². The van der Waals surface area contributed by atoms with Gasteiger partial charge in [0.2, 0.25) is 0 Å². The van der Waals surface area contributed by atoms with Gasteiger partial charge in [-0.2, -0.15) is 112 Å². The molecule has 12 nitrogen and oxygen atoms in total. The molecule has 0 saturated heterocycles. The number of benzene rings is 6. The molecule has 0 spiro atoms. The van der Waals surface area contributed by atoms with Crippen LogP contribution in [0.1, 0.15) is 50.2 Å². The number of pyridine rings is 4. The van der Waals surface area contributed by atoms with E-state index in [1.54, 1.807) is 39.3 Å². The Hall–Kier alpha value is -7.64. The summed E-state index contributed by atoms with van der Waals surface area (Å²) in [6.45, 7) is 5.70. The summed E-state index contributed by atoms with van der Waals surface area (Å²) in [5.41, 5.74) is 11.6. The number of hydrogen-bond donors (Lipinski definition) is 2. The summed E-state index contributed by atoms with van der Waals surface area (Å²) < 4.78 is 3.57. The van der Waals surface area contributed by atoms with E-state index >= 15 is 0 Å². The van der Waals surface area contributed by atoms with Gasteiger partial charge < -0.3 is 15.2 Å². The van der Waals surface area contributed by atoms with E-state index in [1.807, 2.05) is 249 Å². The van der Waals surface area contributed by atoms with Gasteiger partial charge in [-0.1, -0.05) is 66.7 Å². The van der Waals surface area contributed by atoms with Crippen molar-refractivity contribution in [3.05, 3.63) is 374 Å². The largest absolute Gasteiger partial charge is 0.512 e. The smallest absolute Gasteiger partial charge is 0.155 e. The SMILES string of the molecule is CC(=O)C=C(C)O.CC(=O)C=C(C)O.[Ir].[Ir].[Ir].[Ir].[Ir].[Ir].[c-]1ccccc1-c1cccc(-c2ccccc2)n1.[c-]1ccccc1-c1ccccn1.[c-]1ccccc1-n1cccn1.[c-]1ccccc1Cc1ccccn1.[c-]1ccccc1Cc1ccccn1.[c-]1ccsc1-n1cccn1. The van der Waals surface area contributed by atoms with Crippen LogP contribution in [0.2, 0.25) is 0 Å². The fourth-order valence-electron chi connectivity index (χ4n) is 7.73. The first-order chi connectivity index (χ1) is 44.5. The Bertz CT molecular complexity index is 3760. The Balaban J connectivity index is 0.00000109. The number of allylic oxidation sites excluding steroid dienone is 4. The minimum absolute atomic E-state index is 0. The maximum Gasteiger partial charge on any atom is 0.155 e. The monoisotopic (exact) mass is 2370 g/mol. The van der Waals surface area contributed by atoms with Crippen molar-refractivity contribution in [2.24, 2.45) is 0 Å². The van der Waals surface area contributed by atoms with Gasteiger partial charge in [0.15, 0.2) is 11.6 Å². The molecular formula is C78H68Ir6N8O4S-6. The zero-order valence-electron chi connectivity index (χ0n) is 53.0. The molecule has 19 heteroatoms. The minimum Gasteiger partial charge on any atom is -0.512 e. The summed E-state index contributed by atoms with van der Waals surface area (Å²) in [5, 5.41) is 27.9. The molecule has 13 aromatic rings. The number of aliphatic hydroxyl groups excluding tert-OH is 2. The van der Waals surface area contributed by atoms with Crippen LogP contribution in [0.25, 0.3) is 44.5 Å². The maximum absolute atomic E-state index is 10.0. The van der Waals surface area contributed by atoms with Gasteiger partial charge in [-0.3, -0.25) is 33.9 Å². The van der Waals surface area contributed by atoms with Crippen molar-refractivity contribution < 1.29 is 140 Å². The van der Waals surface area contributed by atoms with Crippen LogP contribution in [-0.4, -0.2) is 61.3 Å². The van der Waals surface area contributed by atoms with Gasteiger partial charge in [0.1, 0.15) is 0 Å². The zero-order valence-corrected chi connectivity index (χ0v) is 68.2. The number of rotatable bonds is 11. The second kappa shape index (κ2) is 54.4. The van der Waals surface area contributed by atoms with Crippen LogP contribution in [-0.2, 0) is 143 Å². The molecular weight excluding hydrogens is 2300 g/mol. The average molecular weight is 2370 g/mol. The third-order valence-electron chi connectivity index (χ3n) is 11.6. The van der Waals surface area contributed by atoms with Crippen LogP contribution in [0.15, 0.2) is 315 Å². The van der Waals surface area contributed by atoms with Gasteiger partial charge >= 0.3 is 0 Å². The first-order valence-electron chi connectivity index (χ1n) is 28.7. The average Bonchev–Trinajstić information content (AvgIpc) is 1.82. The van der Waals surface area contributed by atoms with E-state index in [9.17, 15) is 9.59 Å². The van der Waals surface area contributed by atoms with Gasteiger partial charge in [-0.15, -0.1) is 77.9 Å². The predicted octanol–water partition coefficient (Wildman–Crippen LogP) is 17.2. The van der Waals surface area contributed by atoms with Crippen LogP contribution in [0.3, 0.4) is 0 Å². The van der Waals surface area contributed by atoms with Gasteiger partial charge in [-0.05, 0) is 112 Å². The van der Waals surface area contributed by atoms with E-state index < -0.39 is 0 Å². The van der Waals surface area contributed by atoms with E-state index in [0.717, 1.165) is 68.7 Å². The number of nitrogens with zero attached hydrogens (tertiary/aromatic N) is 8. The van der Waals surface area contributed by atoms with Crippen LogP contribution in [0, 0.1) is 36.4 Å². The van der Waals surface area contributed by atoms with Gasteiger partial charge in [0, 0.05) is 193 Å². The Morgan fingerprint density at radius 2 is 0.835 bits per heavy atom. The van der Waals surface area contributed by atoms with E-state index in [1.165, 1.54) is 51.0 Å². The molecule has 2 N–H and O–H groups in total. The molecule has 7 heterocycles. The van der Waals surface area contributed by atoms with Crippen LogP contribution in [0.4, 0.5) is 0 Å². The molecule has 0 atom stereocenters. The Morgan fingerprint density at radius 3 is 1.22 bits per heavy atom. The Kier molecular flexibility index (Phi) is 50.1. The molecule has 6 radical (unpaired) electrons. The summed E-state index contributed by atoms with van der Waals surface area (Å²) in [6.07, 6.45) is 16.8. The van der Waals surface area contributed by atoms with E-state index in [0.29, 0.717) is 0 Å². The van der Waals surface area contributed by atoms with Crippen LogP contribution in [0.5, 0.6) is 0 Å². The summed E-state index contributed by atoms with van der Waals surface area (Å²) in [4.78, 5) is 37.4. The van der Waals surface area contributed by atoms with Crippen molar-refractivity contribution in [3.63, 3.8) is 0 Å². The maximum atomic E-state index is 10.0. The number of thiophene rings is 1. The second-order valence-corrected chi connectivity index (χ2v) is 20.0. The van der Waals surface area contributed by atoms with Gasteiger partial charge in [0.25, 0.3) is 0 Å². The number of carbonyl (C=O) groups excluding carboxylic acids is 2. The van der Waals surface area contributed by atoms with Crippen molar-refractivity contribution in [3.8, 4) is 44.5 Å². The fraction of sp³-hybridized carbons (Fsp3) is 0.0769. The zero-order chi connectivity index (χ0) is 64.4. The van der Waals surface area contributed by atoms with E-state index in [4.69, 9.17) is 10.2 Å². The standard InChI is InChI=1S/C17H12N.2C12H10N.C11H8N.C9H7N2.C7H5N2S.2C5H8O2.6Ir/c1-3-8-14(9-4-1)16-12-7-13-17(18-16)15-10-5-2-6-11-15;2*1-2-6-11(7-3-1)10-12-8-4-5-9-13-12;1-2-6-10(7-3-1)11-8-4-5-9-12-11;1-2-5-9(6-3-1)11-8-4-7-10-11;1-3-7(10-6-1)9-5-2-4-8-9;2*1-4(6)3-5(2)7;;;;;;/h1-10,12-13H;2*1-6,8-9H,10H2;1-6,8-9H;1-5,7-8H;1-2,4-6H;2*3,6H,1-2H3;;;;;;/q6*-1;;;;;;;;. The van der Waals surface area contributed by atoms with Crippen molar-refractivity contribution >= 4 is 22.9 Å². The molecule has 0 unspecified atom stereocenters. The molecule has 510 valence electrons. The number of ketones is 2. The van der Waals surface area contributed by atoms with Crippen molar-refractivity contribution in [2.75, 3.05) is 0 Å². The quantitative estimate of drug-likeness (QED) is 0.0724. The van der Waals surface area contributed by atoms with Crippen LogP contribution < -0.4 is 0 Å². The second-order valence-electron chi connectivity index (χ2n) is 19.1. The predicted molar refractivity (Wildman–Crippen MR) is 364 cm³/mol. The van der Waals surface area contributed by atoms with Crippen molar-refractivity contribution in [1.29, 1.82) is 0 Å². The topological polar surface area (TPSA) is 162 Å². The van der Waals surface area contributed by atoms with E-state index in [2.05, 4.69) is 90.8 Å². The summed E-state index contributed by atoms with van der Waals surface area (Å²) in [7, 11) is 0. The van der Waals surface area contributed by atoms with Crippen molar-refractivity contribution in [2.45, 2.75) is 40.5 Å². The number of aromatic nitrogens is 8. The van der Waals surface area contributed by atoms with Gasteiger partial charge in [-0.25, -0.2) is 23.5 Å².